The van der Waals surface area contributed by atoms with Crippen LogP contribution in [0.1, 0.15) is 25.0 Å². The zero-order chi connectivity index (χ0) is 15.9. The van der Waals surface area contributed by atoms with Crippen molar-refractivity contribution in [3.63, 3.8) is 0 Å². The van der Waals surface area contributed by atoms with E-state index in [2.05, 4.69) is 5.32 Å². The molecule has 1 amide bonds. The van der Waals surface area contributed by atoms with Crippen molar-refractivity contribution >= 4 is 17.3 Å². The summed E-state index contributed by atoms with van der Waals surface area (Å²) in [6.45, 7) is 4.59. The highest BCUT2D eigenvalue weighted by molar-refractivity contribution is 5.92. The molecule has 0 bridgehead atoms. The standard InChI is InChI=1S/C18H22N2O2/c1-13(2)22-12-15-5-9-17(10-6-15)20-18(21)11-14-3-7-16(19)8-4-14/h3-10,13H,11-12,19H2,1-2H3,(H,20,21). The lowest BCUT2D eigenvalue weighted by molar-refractivity contribution is -0.115. The Bertz CT molecular complexity index is 604. The molecule has 4 nitrogen and oxygen atoms in total. The van der Waals surface area contributed by atoms with Gasteiger partial charge >= 0.3 is 0 Å². The van der Waals surface area contributed by atoms with Crippen LogP contribution in [0.3, 0.4) is 0 Å². The average molecular weight is 298 g/mol. The third kappa shape index (κ3) is 5.22. The number of amides is 1. The predicted octanol–water partition coefficient (Wildman–Crippen LogP) is 3.38. The quantitative estimate of drug-likeness (QED) is 0.804. The summed E-state index contributed by atoms with van der Waals surface area (Å²) in [4.78, 5) is 12.0. The van der Waals surface area contributed by atoms with Crippen LogP contribution in [-0.2, 0) is 22.6 Å². The van der Waals surface area contributed by atoms with E-state index in [1.165, 1.54) is 0 Å². The van der Waals surface area contributed by atoms with Crippen LogP contribution in [0.25, 0.3) is 0 Å². The lowest BCUT2D eigenvalue weighted by Crippen LogP contribution is -2.14. The van der Waals surface area contributed by atoms with Gasteiger partial charge in [0.25, 0.3) is 0 Å². The van der Waals surface area contributed by atoms with Gasteiger partial charge in [-0.2, -0.15) is 0 Å². The minimum absolute atomic E-state index is 0.0454. The van der Waals surface area contributed by atoms with E-state index in [9.17, 15) is 4.79 Å². The summed E-state index contributed by atoms with van der Waals surface area (Å²) in [5, 5.41) is 2.89. The van der Waals surface area contributed by atoms with Gasteiger partial charge in [-0.1, -0.05) is 24.3 Å². The lowest BCUT2D eigenvalue weighted by Gasteiger charge is -2.09. The molecule has 0 fully saturated rings. The number of carbonyl (C=O) groups is 1. The molecule has 0 radical (unpaired) electrons. The highest BCUT2D eigenvalue weighted by atomic mass is 16.5. The molecule has 116 valence electrons. The minimum atomic E-state index is -0.0454. The van der Waals surface area contributed by atoms with Gasteiger partial charge in [-0.3, -0.25) is 4.79 Å². The van der Waals surface area contributed by atoms with Crippen LogP contribution in [0, 0.1) is 0 Å². The van der Waals surface area contributed by atoms with E-state index >= 15 is 0 Å². The van der Waals surface area contributed by atoms with Crippen molar-refractivity contribution < 1.29 is 9.53 Å². The van der Waals surface area contributed by atoms with E-state index in [0.29, 0.717) is 18.7 Å². The Labute approximate surface area is 131 Å². The average Bonchev–Trinajstić information content (AvgIpc) is 2.49. The molecule has 0 atom stereocenters. The van der Waals surface area contributed by atoms with Gasteiger partial charge in [-0.05, 0) is 49.2 Å². The lowest BCUT2D eigenvalue weighted by atomic mass is 10.1. The molecule has 0 aliphatic rings. The second kappa shape index (κ2) is 7.61. The van der Waals surface area contributed by atoms with Gasteiger partial charge in [0, 0.05) is 11.4 Å². The molecule has 0 saturated carbocycles. The molecule has 22 heavy (non-hydrogen) atoms. The summed E-state index contributed by atoms with van der Waals surface area (Å²) in [7, 11) is 0. The normalized spacial score (nSPS) is 10.7. The van der Waals surface area contributed by atoms with Crippen molar-refractivity contribution in [1.82, 2.24) is 0 Å². The number of hydrogen-bond donors (Lipinski definition) is 2. The van der Waals surface area contributed by atoms with Gasteiger partial charge in [-0.15, -0.1) is 0 Å². The third-order valence-corrected chi connectivity index (χ3v) is 3.17. The molecule has 0 aliphatic carbocycles. The summed E-state index contributed by atoms with van der Waals surface area (Å²) in [5.41, 5.74) is 9.14. The first-order valence-electron chi connectivity index (χ1n) is 7.38. The topological polar surface area (TPSA) is 64.3 Å². The molecule has 0 unspecified atom stereocenters. The molecule has 2 aromatic carbocycles. The molecule has 2 rings (SSSR count). The van der Waals surface area contributed by atoms with E-state index < -0.39 is 0 Å². The Hall–Kier alpha value is -2.33. The number of hydrogen-bond acceptors (Lipinski definition) is 3. The minimum Gasteiger partial charge on any atom is -0.399 e. The highest BCUT2D eigenvalue weighted by Gasteiger charge is 2.04. The van der Waals surface area contributed by atoms with Gasteiger partial charge in [-0.25, -0.2) is 0 Å². The molecule has 0 aromatic heterocycles. The number of benzene rings is 2. The zero-order valence-corrected chi connectivity index (χ0v) is 13.0. The summed E-state index contributed by atoms with van der Waals surface area (Å²) in [5.74, 6) is -0.0454. The molecule has 0 heterocycles. The molecular weight excluding hydrogens is 276 g/mol. The number of nitrogens with two attached hydrogens (primary N) is 1. The summed E-state index contributed by atoms with van der Waals surface area (Å²) >= 11 is 0. The van der Waals surface area contributed by atoms with E-state index in [4.69, 9.17) is 10.5 Å². The van der Waals surface area contributed by atoms with Crippen molar-refractivity contribution in [2.45, 2.75) is 33.0 Å². The number of anilines is 2. The molecule has 2 aromatic rings. The van der Waals surface area contributed by atoms with Gasteiger partial charge in [0.1, 0.15) is 0 Å². The molecule has 3 N–H and O–H groups in total. The van der Waals surface area contributed by atoms with Gasteiger partial charge in [0.2, 0.25) is 5.91 Å². The molecular formula is C18H22N2O2. The SMILES string of the molecule is CC(C)OCc1ccc(NC(=O)Cc2ccc(N)cc2)cc1. The monoisotopic (exact) mass is 298 g/mol. The first kappa shape index (κ1) is 16.0. The maximum atomic E-state index is 12.0. The van der Waals surface area contributed by atoms with Gasteiger partial charge < -0.3 is 15.8 Å². The molecule has 0 saturated heterocycles. The van der Waals surface area contributed by atoms with Gasteiger partial charge in [0.15, 0.2) is 0 Å². The summed E-state index contributed by atoms with van der Waals surface area (Å²) in [6.07, 6.45) is 0.540. The second-order valence-electron chi connectivity index (χ2n) is 5.52. The summed E-state index contributed by atoms with van der Waals surface area (Å²) in [6, 6.07) is 15.0. The van der Waals surface area contributed by atoms with Crippen molar-refractivity contribution in [2.75, 3.05) is 11.1 Å². The van der Waals surface area contributed by atoms with Crippen molar-refractivity contribution in [3.8, 4) is 0 Å². The van der Waals surface area contributed by atoms with Crippen LogP contribution in [0.15, 0.2) is 48.5 Å². The Balaban J connectivity index is 1.87. The van der Waals surface area contributed by atoms with Crippen LogP contribution in [-0.4, -0.2) is 12.0 Å². The Morgan fingerprint density at radius 2 is 1.64 bits per heavy atom. The van der Waals surface area contributed by atoms with Crippen LogP contribution in [0.2, 0.25) is 0 Å². The summed E-state index contributed by atoms with van der Waals surface area (Å²) < 4.78 is 5.54. The third-order valence-electron chi connectivity index (χ3n) is 3.17. The van der Waals surface area contributed by atoms with E-state index in [0.717, 1.165) is 16.8 Å². The number of nitrogen functional groups attached to an aromatic ring is 1. The van der Waals surface area contributed by atoms with E-state index in [-0.39, 0.29) is 12.0 Å². The van der Waals surface area contributed by atoms with Gasteiger partial charge in [0.05, 0.1) is 19.1 Å². The van der Waals surface area contributed by atoms with Crippen molar-refractivity contribution in [3.05, 3.63) is 59.7 Å². The fourth-order valence-electron chi connectivity index (χ4n) is 1.97. The van der Waals surface area contributed by atoms with E-state index in [1.54, 1.807) is 12.1 Å². The highest BCUT2D eigenvalue weighted by Crippen LogP contribution is 2.12. The fraction of sp³-hybridized carbons (Fsp3) is 0.278. The maximum Gasteiger partial charge on any atom is 0.228 e. The molecule has 0 spiro atoms. The Kier molecular flexibility index (Phi) is 5.55. The molecule has 4 heteroatoms. The van der Waals surface area contributed by atoms with Crippen LogP contribution in [0.5, 0.6) is 0 Å². The van der Waals surface area contributed by atoms with E-state index in [1.807, 2.05) is 50.2 Å². The Morgan fingerprint density at radius 1 is 1.05 bits per heavy atom. The van der Waals surface area contributed by atoms with Crippen molar-refractivity contribution in [2.24, 2.45) is 0 Å². The smallest absolute Gasteiger partial charge is 0.228 e. The zero-order valence-electron chi connectivity index (χ0n) is 13.0. The second-order valence-corrected chi connectivity index (χ2v) is 5.52. The number of nitrogens with one attached hydrogen (secondary N) is 1. The first-order valence-corrected chi connectivity index (χ1v) is 7.38. The number of ether oxygens (including phenoxy) is 1. The van der Waals surface area contributed by atoms with Crippen molar-refractivity contribution in [1.29, 1.82) is 0 Å². The maximum absolute atomic E-state index is 12.0. The number of carbonyl (C=O) groups excluding carboxylic acids is 1. The fourth-order valence-corrected chi connectivity index (χ4v) is 1.97. The van der Waals surface area contributed by atoms with Crippen LogP contribution in [0.4, 0.5) is 11.4 Å². The van der Waals surface area contributed by atoms with Crippen LogP contribution < -0.4 is 11.1 Å². The number of rotatable bonds is 6. The largest absolute Gasteiger partial charge is 0.399 e. The predicted molar refractivity (Wildman–Crippen MR) is 89.6 cm³/mol. The first-order chi connectivity index (χ1) is 10.5. The molecule has 0 aliphatic heterocycles. The van der Waals surface area contributed by atoms with Crippen LogP contribution >= 0.6 is 0 Å². The Morgan fingerprint density at radius 3 is 2.23 bits per heavy atom.